The monoisotopic (exact) mass is 511 g/mol. The number of allylic oxidation sites excluding steroid dienone is 1. The molecule has 0 radical (unpaired) electrons. The summed E-state index contributed by atoms with van der Waals surface area (Å²) in [6.07, 6.45) is 6.10. The van der Waals surface area contributed by atoms with E-state index in [9.17, 15) is 10.1 Å². The number of halogens is 1. The van der Waals surface area contributed by atoms with Crippen LogP contribution in [0, 0.1) is 17.0 Å². The largest absolute Gasteiger partial charge is 0.487 e. The molecule has 0 fully saturated rings. The van der Waals surface area contributed by atoms with Gasteiger partial charge in [0, 0.05) is 48.1 Å². The Morgan fingerprint density at radius 2 is 2.00 bits per heavy atom. The number of nitrogens with zero attached hydrogens (tertiary/aromatic N) is 4. The Hall–Kier alpha value is -4.35. The molecule has 0 aliphatic rings. The van der Waals surface area contributed by atoms with E-state index in [1.165, 1.54) is 29.2 Å². The molecule has 0 saturated carbocycles. The van der Waals surface area contributed by atoms with E-state index in [0.29, 0.717) is 28.4 Å². The lowest BCUT2D eigenvalue weighted by Crippen LogP contribution is -2.26. The highest BCUT2D eigenvalue weighted by Crippen LogP contribution is 2.38. The minimum Gasteiger partial charge on any atom is -0.487 e. The Bertz CT molecular complexity index is 1380. The Labute approximate surface area is 212 Å². The van der Waals surface area contributed by atoms with E-state index < -0.39 is 10.4 Å². The van der Waals surface area contributed by atoms with E-state index in [2.05, 4.69) is 9.98 Å². The third-order valence-electron chi connectivity index (χ3n) is 4.86. The predicted molar refractivity (Wildman–Crippen MR) is 140 cm³/mol. The summed E-state index contributed by atoms with van der Waals surface area (Å²) in [4.78, 5) is 19.4. The standard InChI is InChI=1S/C24H26ClN7O4/c1-3-35-22-14-19(18(24(25)27)13-20(22)32(33)34)29-8-4-9-30-23-12-17(7-10-31(23)28)36-21-6-5-16(26)11-15(21)2/h4-14,24H,3,26-28H2,1-2H3/b9-4-,29-8?,30-23?. The number of ether oxygens (including phenoxy) is 2. The van der Waals surface area contributed by atoms with Crippen molar-refractivity contribution in [3.63, 3.8) is 0 Å². The predicted octanol–water partition coefficient (Wildman–Crippen LogP) is 4.20. The van der Waals surface area contributed by atoms with Crippen LogP contribution in [-0.4, -0.2) is 22.4 Å². The van der Waals surface area contributed by atoms with Crippen molar-refractivity contribution in [3.8, 4) is 17.2 Å². The van der Waals surface area contributed by atoms with Gasteiger partial charge in [-0.1, -0.05) is 0 Å². The first kappa shape index (κ1) is 26.3. The van der Waals surface area contributed by atoms with E-state index in [0.717, 1.165) is 5.56 Å². The highest BCUT2D eigenvalue weighted by Gasteiger charge is 2.21. The normalized spacial score (nSPS) is 12.8. The summed E-state index contributed by atoms with van der Waals surface area (Å²) >= 11 is 6.01. The summed E-state index contributed by atoms with van der Waals surface area (Å²) < 4.78 is 12.6. The number of aryl methyl sites for hydroxylation is 1. The lowest BCUT2D eigenvalue weighted by Gasteiger charge is -2.11. The van der Waals surface area contributed by atoms with Gasteiger partial charge in [0.25, 0.3) is 0 Å². The average molecular weight is 512 g/mol. The van der Waals surface area contributed by atoms with E-state index in [4.69, 9.17) is 38.4 Å². The van der Waals surface area contributed by atoms with E-state index in [-0.39, 0.29) is 23.6 Å². The minimum atomic E-state index is -0.996. The van der Waals surface area contributed by atoms with Gasteiger partial charge in [0.05, 0.1) is 17.2 Å². The number of hydrogen-bond acceptors (Lipinski definition) is 9. The van der Waals surface area contributed by atoms with Gasteiger partial charge in [0.2, 0.25) is 0 Å². The SMILES string of the molecule is CCOc1cc(N=C/C=C\N=c2cc(Oc3ccc(N)cc3C)ccn2N)c(C(N)Cl)cc1[N+](=O)[O-]. The van der Waals surface area contributed by atoms with Crippen molar-refractivity contribution in [2.24, 2.45) is 15.7 Å². The maximum absolute atomic E-state index is 11.4. The molecule has 1 heterocycles. The molecule has 2 aromatic carbocycles. The van der Waals surface area contributed by atoms with Crippen LogP contribution < -0.4 is 32.3 Å². The molecule has 0 aliphatic heterocycles. The molecule has 1 unspecified atom stereocenters. The first-order valence-electron chi connectivity index (χ1n) is 10.8. The number of aromatic nitrogens is 1. The second-order valence-corrected chi connectivity index (χ2v) is 7.94. The second-order valence-electron chi connectivity index (χ2n) is 7.47. The molecular formula is C24H26ClN7O4. The van der Waals surface area contributed by atoms with Crippen molar-refractivity contribution < 1.29 is 14.4 Å². The van der Waals surface area contributed by atoms with E-state index >= 15 is 0 Å². The average Bonchev–Trinajstić information content (AvgIpc) is 2.82. The number of hydrogen-bond donors (Lipinski definition) is 3. The van der Waals surface area contributed by atoms with Crippen molar-refractivity contribution in [3.05, 3.63) is 87.7 Å². The Morgan fingerprint density at radius 1 is 1.22 bits per heavy atom. The number of nitrogen functional groups attached to an aromatic ring is 2. The van der Waals surface area contributed by atoms with Crippen LogP contribution in [-0.2, 0) is 0 Å². The smallest absolute Gasteiger partial charge is 0.311 e. The molecule has 0 aliphatic carbocycles. The summed E-state index contributed by atoms with van der Waals surface area (Å²) in [5.41, 5.74) is 12.9. The van der Waals surface area contributed by atoms with Crippen molar-refractivity contribution >= 4 is 34.9 Å². The zero-order chi connectivity index (χ0) is 26.2. The van der Waals surface area contributed by atoms with E-state index in [1.54, 1.807) is 43.5 Å². The van der Waals surface area contributed by atoms with Gasteiger partial charge in [0.15, 0.2) is 11.2 Å². The molecule has 0 spiro atoms. The van der Waals surface area contributed by atoms with Crippen LogP contribution in [0.4, 0.5) is 17.1 Å². The molecule has 36 heavy (non-hydrogen) atoms. The third-order valence-corrected chi connectivity index (χ3v) is 5.09. The summed E-state index contributed by atoms with van der Waals surface area (Å²) in [7, 11) is 0. The van der Waals surface area contributed by atoms with Gasteiger partial charge in [0.1, 0.15) is 17.0 Å². The molecule has 3 aromatic rings. The van der Waals surface area contributed by atoms with Crippen molar-refractivity contribution in [1.29, 1.82) is 0 Å². The Morgan fingerprint density at radius 3 is 2.67 bits per heavy atom. The van der Waals surface area contributed by atoms with Crippen LogP contribution in [0.15, 0.2) is 70.9 Å². The minimum absolute atomic E-state index is 0.0710. The maximum atomic E-state index is 11.4. The zero-order valence-corrected chi connectivity index (χ0v) is 20.4. The molecule has 6 N–H and O–H groups in total. The molecule has 1 aromatic heterocycles. The van der Waals surface area contributed by atoms with Gasteiger partial charge in [-0.25, -0.2) is 4.99 Å². The van der Waals surface area contributed by atoms with Crippen LogP contribution in [0.25, 0.3) is 0 Å². The maximum Gasteiger partial charge on any atom is 0.311 e. The summed E-state index contributed by atoms with van der Waals surface area (Å²) in [6.45, 7) is 3.86. The first-order valence-corrected chi connectivity index (χ1v) is 11.2. The number of nitrogens with two attached hydrogens (primary N) is 3. The van der Waals surface area contributed by atoms with Crippen molar-refractivity contribution in [1.82, 2.24) is 4.68 Å². The van der Waals surface area contributed by atoms with Crippen LogP contribution in [0.1, 0.15) is 23.6 Å². The van der Waals surface area contributed by atoms with Gasteiger partial charge in [-0.3, -0.25) is 19.8 Å². The molecule has 12 heteroatoms. The van der Waals surface area contributed by atoms with Crippen LogP contribution in [0.5, 0.6) is 17.2 Å². The molecule has 0 amide bonds. The number of nitro groups is 1. The summed E-state index contributed by atoms with van der Waals surface area (Å²) in [5.74, 6) is 7.24. The quantitative estimate of drug-likeness (QED) is 0.0734. The Kier molecular flexibility index (Phi) is 8.66. The number of pyridine rings is 1. The van der Waals surface area contributed by atoms with E-state index in [1.807, 2.05) is 13.0 Å². The van der Waals surface area contributed by atoms with Gasteiger partial charge < -0.3 is 26.8 Å². The fourth-order valence-corrected chi connectivity index (χ4v) is 3.34. The molecule has 3 rings (SSSR count). The summed E-state index contributed by atoms with van der Waals surface area (Å²) in [6, 6.07) is 11.4. The van der Waals surface area contributed by atoms with Crippen LogP contribution in [0.3, 0.4) is 0 Å². The Balaban J connectivity index is 1.84. The number of nitro benzene ring substituents is 1. The van der Waals surface area contributed by atoms with Gasteiger partial charge in [-0.05, 0) is 49.8 Å². The number of rotatable bonds is 9. The molecule has 0 saturated heterocycles. The summed E-state index contributed by atoms with van der Waals surface area (Å²) in [5, 5.41) is 11.4. The van der Waals surface area contributed by atoms with Crippen molar-refractivity contribution in [2.45, 2.75) is 19.3 Å². The lowest BCUT2D eigenvalue weighted by atomic mass is 10.1. The highest BCUT2D eigenvalue weighted by atomic mass is 35.5. The molecule has 188 valence electrons. The number of benzene rings is 2. The molecule has 11 nitrogen and oxygen atoms in total. The van der Waals surface area contributed by atoms with Crippen LogP contribution in [0.2, 0.25) is 0 Å². The fraction of sp³-hybridized carbons (Fsp3) is 0.167. The van der Waals surface area contributed by atoms with Crippen molar-refractivity contribution in [2.75, 3.05) is 18.2 Å². The molecule has 1 atom stereocenters. The zero-order valence-electron chi connectivity index (χ0n) is 19.7. The molecule has 0 bridgehead atoms. The van der Waals surface area contributed by atoms with Crippen LogP contribution >= 0.6 is 11.6 Å². The first-order chi connectivity index (χ1) is 17.2. The number of alkyl halides is 1. The fourth-order valence-electron chi connectivity index (χ4n) is 3.16. The lowest BCUT2D eigenvalue weighted by molar-refractivity contribution is -0.385. The topological polar surface area (TPSA) is 169 Å². The highest BCUT2D eigenvalue weighted by molar-refractivity contribution is 6.20. The van der Waals surface area contributed by atoms with Gasteiger partial charge in [-0.15, -0.1) is 11.6 Å². The molecular weight excluding hydrogens is 486 g/mol. The second kappa shape index (κ2) is 11.9. The number of aliphatic imine (C=N–C) groups is 1. The number of anilines is 1. The van der Waals surface area contributed by atoms with Gasteiger partial charge in [-0.2, -0.15) is 0 Å². The third kappa shape index (κ3) is 6.62. The van der Waals surface area contributed by atoms with Gasteiger partial charge >= 0.3 is 5.69 Å².